The molecule has 3 nitrogen and oxygen atoms in total. The minimum Gasteiger partial charge on any atom is -0.335 e. The second-order valence-electron chi connectivity index (χ2n) is 6.75. The SMILES string of the molecule is Cc1cc(C)cc(C(=O)N2CCNC(c3ccc(C(F)(F)F)cc3)C2)c1. The van der Waals surface area contributed by atoms with Crippen molar-refractivity contribution < 1.29 is 18.0 Å². The van der Waals surface area contributed by atoms with E-state index in [-0.39, 0.29) is 11.9 Å². The lowest BCUT2D eigenvalue weighted by Gasteiger charge is -2.34. The number of carbonyl (C=O) groups is 1. The van der Waals surface area contributed by atoms with Gasteiger partial charge in [0, 0.05) is 31.2 Å². The highest BCUT2D eigenvalue weighted by Gasteiger charge is 2.31. The Labute approximate surface area is 150 Å². The van der Waals surface area contributed by atoms with E-state index in [2.05, 4.69) is 5.32 Å². The van der Waals surface area contributed by atoms with Gasteiger partial charge in [-0.25, -0.2) is 0 Å². The third-order valence-electron chi connectivity index (χ3n) is 4.57. The summed E-state index contributed by atoms with van der Waals surface area (Å²) in [6, 6.07) is 10.7. The molecule has 138 valence electrons. The summed E-state index contributed by atoms with van der Waals surface area (Å²) in [5.41, 5.74) is 2.79. The first-order valence-electron chi connectivity index (χ1n) is 8.52. The average Bonchev–Trinajstić information content (AvgIpc) is 2.60. The van der Waals surface area contributed by atoms with Gasteiger partial charge in [0.05, 0.1) is 5.56 Å². The van der Waals surface area contributed by atoms with E-state index in [1.165, 1.54) is 12.1 Å². The van der Waals surface area contributed by atoms with Crippen LogP contribution in [0.3, 0.4) is 0 Å². The third-order valence-corrected chi connectivity index (χ3v) is 4.57. The number of alkyl halides is 3. The Bertz CT molecular complexity index is 779. The average molecular weight is 362 g/mol. The maximum absolute atomic E-state index is 12.8. The first-order chi connectivity index (χ1) is 12.2. The molecule has 0 aromatic heterocycles. The van der Waals surface area contributed by atoms with Crippen molar-refractivity contribution in [3.8, 4) is 0 Å². The van der Waals surface area contributed by atoms with Crippen LogP contribution in [0.1, 0.15) is 38.7 Å². The number of hydrogen-bond donors (Lipinski definition) is 1. The molecule has 1 aliphatic rings. The smallest absolute Gasteiger partial charge is 0.335 e. The predicted octanol–water partition coefficient (Wildman–Crippen LogP) is 4.11. The van der Waals surface area contributed by atoms with Gasteiger partial charge in [-0.15, -0.1) is 0 Å². The van der Waals surface area contributed by atoms with Gasteiger partial charge in [0.1, 0.15) is 0 Å². The summed E-state index contributed by atoms with van der Waals surface area (Å²) < 4.78 is 38.1. The second-order valence-corrected chi connectivity index (χ2v) is 6.75. The highest BCUT2D eigenvalue weighted by molar-refractivity contribution is 5.94. The quantitative estimate of drug-likeness (QED) is 0.872. The molecule has 0 aliphatic carbocycles. The van der Waals surface area contributed by atoms with Gasteiger partial charge in [-0.1, -0.05) is 29.3 Å². The first-order valence-corrected chi connectivity index (χ1v) is 8.52. The standard InChI is InChI=1S/C20H21F3N2O/c1-13-9-14(2)11-16(10-13)19(26)25-8-7-24-18(12-25)15-3-5-17(6-4-15)20(21,22)23/h3-6,9-11,18,24H,7-8,12H2,1-2H3. The molecular weight excluding hydrogens is 341 g/mol. The number of nitrogens with one attached hydrogen (secondary N) is 1. The minimum atomic E-state index is -4.34. The van der Waals surface area contributed by atoms with Gasteiger partial charge in [-0.2, -0.15) is 13.2 Å². The number of rotatable bonds is 2. The monoisotopic (exact) mass is 362 g/mol. The Kier molecular flexibility index (Phi) is 5.05. The highest BCUT2D eigenvalue weighted by atomic mass is 19.4. The number of halogens is 3. The number of aryl methyl sites for hydroxylation is 2. The lowest BCUT2D eigenvalue weighted by atomic mass is 10.0. The summed E-state index contributed by atoms with van der Waals surface area (Å²) in [6.07, 6.45) is -4.34. The van der Waals surface area contributed by atoms with E-state index in [0.29, 0.717) is 25.2 Å². The van der Waals surface area contributed by atoms with Gasteiger partial charge in [0.15, 0.2) is 0 Å². The van der Waals surface area contributed by atoms with Crippen LogP contribution in [0.15, 0.2) is 42.5 Å². The van der Waals surface area contributed by atoms with Crippen molar-refractivity contribution in [1.82, 2.24) is 10.2 Å². The van der Waals surface area contributed by atoms with Crippen LogP contribution in [0.25, 0.3) is 0 Å². The van der Waals surface area contributed by atoms with Crippen molar-refractivity contribution in [2.75, 3.05) is 19.6 Å². The molecule has 0 spiro atoms. The molecule has 1 heterocycles. The Hall–Kier alpha value is -2.34. The van der Waals surface area contributed by atoms with Crippen LogP contribution >= 0.6 is 0 Å². The molecule has 0 saturated carbocycles. The highest BCUT2D eigenvalue weighted by Crippen LogP contribution is 2.30. The number of nitrogens with zero attached hydrogens (tertiary/aromatic N) is 1. The Morgan fingerprint density at radius 2 is 1.69 bits per heavy atom. The first kappa shape index (κ1) is 18.5. The van der Waals surface area contributed by atoms with E-state index in [1.54, 1.807) is 4.90 Å². The van der Waals surface area contributed by atoms with Gasteiger partial charge in [-0.05, 0) is 43.7 Å². The zero-order chi connectivity index (χ0) is 18.9. The summed E-state index contributed by atoms with van der Waals surface area (Å²) in [7, 11) is 0. The molecule has 0 bridgehead atoms. The number of piperazine rings is 1. The molecule has 1 amide bonds. The lowest BCUT2D eigenvalue weighted by molar-refractivity contribution is -0.137. The Morgan fingerprint density at radius 1 is 1.08 bits per heavy atom. The number of amides is 1. The van der Waals surface area contributed by atoms with Crippen LogP contribution < -0.4 is 5.32 Å². The zero-order valence-corrected chi connectivity index (χ0v) is 14.7. The molecule has 1 N–H and O–H groups in total. The van der Waals surface area contributed by atoms with Gasteiger partial charge >= 0.3 is 6.18 Å². The zero-order valence-electron chi connectivity index (χ0n) is 14.7. The van der Waals surface area contributed by atoms with Crippen molar-refractivity contribution in [1.29, 1.82) is 0 Å². The van der Waals surface area contributed by atoms with Crippen molar-refractivity contribution >= 4 is 5.91 Å². The number of hydrogen-bond acceptors (Lipinski definition) is 2. The van der Waals surface area contributed by atoms with E-state index >= 15 is 0 Å². The molecule has 26 heavy (non-hydrogen) atoms. The Morgan fingerprint density at radius 3 is 2.27 bits per heavy atom. The topological polar surface area (TPSA) is 32.3 Å². The third kappa shape index (κ3) is 4.07. The van der Waals surface area contributed by atoms with Crippen LogP contribution in [0.5, 0.6) is 0 Å². The van der Waals surface area contributed by atoms with Gasteiger partial charge in [-0.3, -0.25) is 4.79 Å². The number of benzene rings is 2. The molecule has 1 fully saturated rings. The fourth-order valence-electron chi connectivity index (χ4n) is 3.34. The summed E-state index contributed by atoms with van der Waals surface area (Å²) >= 11 is 0. The second kappa shape index (κ2) is 7.11. The van der Waals surface area contributed by atoms with Crippen molar-refractivity contribution in [2.24, 2.45) is 0 Å². The Balaban J connectivity index is 1.75. The molecule has 0 radical (unpaired) electrons. The molecule has 1 unspecified atom stereocenters. The van der Waals surface area contributed by atoms with Gasteiger partial charge in [0.2, 0.25) is 0 Å². The normalized spacial score (nSPS) is 18.0. The van der Waals surface area contributed by atoms with Crippen molar-refractivity contribution in [3.05, 3.63) is 70.3 Å². The molecule has 3 rings (SSSR count). The van der Waals surface area contributed by atoms with Crippen molar-refractivity contribution in [3.63, 3.8) is 0 Å². The molecule has 1 atom stereocenters. The van der Waals surface area contributed by atoms with Gasteiger partial charge < -0.3 is 10.2 Å². The van der Waals surface area contributed by atoms with Crippen LogP contribution in [-0.4, -0.2) is 30.4 Å². The van der Waals surface area contributed by atoms with E-state index < -0.39 is 11.7 Å². The van der Waals surface area contributed by atoms with Gasteiger partial charge in [0.25, 0.3) is 5.91 Å². The minimum absolute atomic E-state index is 0.0461. The van der Waals surface area contributed by atoms with E-state index in [4.69, 9.17) is 0 Å². The lowest BCUT2D eigenvalue weighted by Crippen LogP contribution is -2.48. The summed E-state index contributed by atoms with van der Waals surface area (Å²) in [4.78, 5) is 14.6. The maximum atomic E-state index is 12.8. The predicted molar refractivity (Wildman–Crippen MR) is 94.0 cm³/mol. The van der Waals surface area contributed by atoms with Crippen molar-refractivity contribution in [2.45, 2.75) is 26.1 Å². The van der Waals surface area contributed by atoms with Crippen LogP contribution in [0.4, 0.5) is 13.2 Å². The van der Waals surface area contributed by atoms with Crippen LogP contribution in [0, 0.1) is 13.8 Å². The van der Waals surface area contributed by atoms with E-state index in [0.717, 1.165) is 28.8 Å². The molecule has 2 aromatic rings. The fraction of sp³-hybridized carbons (Fsp3) is 0.350. The summed E-state index contributed by atoms with van der Waals surface area (Å²) in [5.74, 6) is -0.0461. The maximum Gasteiger partial charge on any atom is 0.416 e. The molecule has 1 aliphatic heterocycles. The molecule has 2 aromatic carbocycles. The molecular formula is C20H21F3N2O. The van der Waals surface area contributed by atoms with Crippen LogP contribution in [0.2, 0.25) is 0 Å². The molecule has 1 saturated heterocycles. The summed E-state index contributed by atoms with van der Waals surface area (Å²) in [6.45, 7) is 5.50. The largest absolute Gasteiger partial charge is 0.416 e. The summed E-state index contributed by atoms with van der Waals surface area (Å²) in [5, 5.41) is 3.28. The van der Waals surface area contributed by atoms with E-state index in [9.17, 15) is 18.0 Å². The molecule has 6 heteroatoms. The van der Waals surface area contributed by atoms with E-state index in [1.807, 2.05) is 32.0 Å². The van der Waals surface area contributed by atoms with Crippen LogP contribution in [-0.2, 0) is 6.18 Å². The fourth-order valence-corrected chi connectivity index (χ4v) is 3.34. The number of carbonyl (C=O) groups excluding carboxylic acids is 1.